The van der Waals surface area contributed by atoms with Crippen molar-refractivity contribution in [2.75, 3.05) is 13.1 Å². The molecule has 0 aliphatic carbocycles. The van der Waals surface area contributed by atoms with Crippen LogP contribution in [0.4, 0.5) is 9.59 Å². The van der Waals surface area contributed by atoms with Crippen LogP contribution in [0.2, 0.25) is 0 Å². The molecule has 0 spiro atoms. The van der Waals surface area contributed by atoms with E-state index in [4.69, 9.17) is 9.47 Å². The summed E-state index contributed by atoms with van der Waals surface area (Å²) in [6, 6.07) is 35.2. The summed E-state index contributed by atoms with van der Waals surface area (Å²) in [7, 11) is 0. The second kappa shape index (κ2) is 16.9. The van der Waals surface area contributed by atoms with Gasteiger partial charge < -0.3 is 9.47 Å². The van der Waals surface area contributed by atoms with Gasteiger partial charge in [-0.1, -0.05) is 135 Å². The molecule has 2 aliphatic heterocycles. The van der Waals surface area contributed by atoms with E-state index in [1.165, 1.54) is 11.1 Å². The zero-order chi connectivity index (χ0) is 34.7. The lowest BCUT2D eigenvalue weighted by atomic mass is 9.88. The number of rotatable bonds is 11. The van der Waals surface area contributed by atoms with Gasteiger partial charge in [-0.05, 0) is 59.1 Å². The van der Waals surface area contributed by atoms with E-state index in [0.29, 0.717) is 38.8 Å². The molecule has 8 nitrogen and oxygen atoms in total. The van der Waals surface area contributed by atoms with E-state index in [9.17, 15) is 19.2 Å². The standard InChI is InChI=1S/C42H44N2O6/c45-37(49-41(47)43-29-27-31-17-13-15-23-35(31)39(43)33-19-7-5-8-20-33)25-11-3-1-2-4-12-26-38(46)50-42(48)44-30-28-32-18-14-16-24-36(32)40(44)34-21-9-6-10-22-34/h5-10,13-24,39-40H,1-4,11-12,25-30H2/t39-,40-/m1/s1. The first-order valence-corrected chi connectivity index (χ1v) is 17.8. The fraction of sp³-hybridized carbons (Fsp3) is 0.333. The van der Waals surface area contributed by atoms with Crippen molar-refractivity contribution >= 4 is 24.1 Å². The second-order valence-electron chi connectivity index (χ2n) is 13.0. The Morgan fingerprint density at radius 3 is 1.26 bits per heavy atom. The molecule has 4 aromatic rings. The van der Waals surface area contributed by atoms with E-state index in [1.807, 2.05) is 97.1 Å². The molecule has 0 aromatic heterocycles. The number of nitrogens with zero attached hydrogens (tertiary/aromatic N) is 2. The lowest BCUT2D eigenvalue weighted by Crippen LogP contribution is -2.41. The second-order valence-corrected chi connectivity index (χ2v) is 13.0. The molecule has 0 saturated carbocycles. The molecule has 0 N–H and O–H groups in total. The Kier molecular flexibility index (Phi) is 11.7. The SMILES string of the molecule is O=C(CCCCCCCCC(=O)OC(=O)N1CCc2ccccc2[C@H]1c1ccccc1)OC(=O)N1CCc2ccccc2[C@H]1c1ccccc1. The molecule has 8 heteroatoms. The van der Waals surface area contributed by atoms with Crippen LogP contribution in [0.25, 0.3) is 0 Å². The van der Waals surface area contributed by atoms with Crippen molar-refractivity contribution in [1.29, 1.82) is 0 Å². The van der Waals surface area contributed by atoms with Crippen LogP contribution in [0.1, 0.15) is 96.8 Å². The lowest BCUT2D eigenvalue weighted by Gasteiger charge is -2.36. The van der Waals surface area contributed by atoms with Gasteiger partial charge in [-0.25, -0.2) is 9.59 Å². The molecule has 2 atom stereocenters. The molecule has 6 rings (SSSR count). The Labute approximate surface area is 294 Å². The monoisotopic (exact) mass is 672 g/mol. The first kappa shape index (κ1) is 34.6. The number of carbonyl (C=O) groups excluding carboxylic acids is 4. The number of carbonyl (C=O) groups is 4. The zero-order valence-corrected chi connectivity index (χ0v) is 28.4. The average molecular weight is 673 g/mol. The number of amides is 2. The molecule has 50 heavy (non-hydrogen) atoms. The van der Waals surface area contributed by atoms with Crippen LogP contribution in [-0.4, -0.2) is 47.0 Å². The van der Waals surface area contributed by atoms with Crippen LogP contribution >= 0.6 is 0 Å². The fourth-order valence-corrected chi connectivity index (χ4v) is 7.18. The smallest absolute Gasteiger partial charge is 0.376 e. The topological polar surface area (TPSA) is 93.2 Å². The molecule has 2 heterocycles. The molecule has 0 unspecified atom stereocenters. The molecule has 0 radical (unpaired) electrons. The molecule has 4 aromatic carbocycles. The summed E-state index contributed by atoms with van der Waals surface area (Å²) in [6.45, 7) is 0.955. The third kappa shape index (κ3) is 8.48. The number of hydrogen-bond donors (Lipinski definition) is 0. The first-order chi connectivity index (χ1) is 24.5. The maximum atomic E-state index is 13.2. The maximum Gasteiger partial charge on any atom is 0.418 e. The van der Waals surface area contributed by atoms with Crippen molar-refractivity contribution in [2.45, 2.75) is 76.3 Å². The van der Waals surface area contributed by atoms with E-state index in [1.54, 1.807) is 9.80 Å². The van der Waals surface area contributed by atoms with Crippen molar-refractivity contribution in [3.05, 3.63) is 143 Å². The summed E-state index contributed by atoms with van der Waals surface area (Å²) in [5, 5.41) is 0. The highest BCUT2D eigenvalue weighted by molar-refractivity contribution is 5.86. The summed E-state index contributed by atoms with van der Waals surface area (Å²) < 4.78 is 10.6. The van der Waals surface area contributed by atoms with Gasteiger partial charge in [0.1, 0.15) is 0 Å². The molecule has 0 bridgehead atoms. The summed E-state index contributed by atoms with van der Waals surface area (Å²) in [6.07, 6.45) is 5.19. The van der Waals surface area contributed by atoms with Gasteiger partial charge in [0.15, 0.2) is 0 Å². The third-order valence-electron chi connectivity index (χ3n) is 9.68. The summed E-state index contributed by atoms with van der Waals surface area (Å²) in [5.41, 5.74) is 6.46. The molecule has 2 aliphatic rings. The quantitative estimate of drug-likeness (QED) is 0.0899. The van der Waals surface area contributed by atoms with E-state index in [2.05, 4.69) is 12.1 Å². The van der Waals surface area contributed by atoms with Crippen molar-refractivity contribution in [1.82, 2.24) is 9.80 Å². The van der Waals surface area contributed by atoms with Gasteiger partial charge in [0.05, 0.1) is 12.1 Å². The largest absolute Gasteiger partial charge is 0.418 e. The molecular formula is C42H44N2O6. The minimum atomic E-state index is -0.607. The lowest BCUT2D eigenvalue weighted by molar-refractivity contribution is -0.139. The van der Waals surface area contributed by atoms with E-state index in [-0.39, 0.29) is 24.9 Å². The number of fused-ring (bicyclic) bond motifs is 2. The van der Waals surface area contributed by atoms with Crippen molar-refractivity contribution < 1.29 is 28.7 Å². The predicted octanol–water partition coefficient (Wildman–Crippen LogP) is 8.73. The number of hydrogen-bond acceptors (Lipinski definition) is 6. The van der Waals surface area contributed by atoms with Crippen LogP contribution in [0.5, 0.6) is 0 Å². The van der Waals surface area contributed by atoms with Gasteiger partial charge in [0.25, 0.3) is 0 Å². The van der Waals surface area contributed by atoms with Crippen LogP contribution in [0.15, 0.2) is 109 Å². The van der Waals surface area contributed by atoms with Crippen molar-refractivity contribution in [3.8, 4) is 0 Å². The number of unbranched alkanes of at least 4 members (excludes halogenated alkanes) is 5. The highest BCUT2D eigenvalue weighted by Gasteiger charge is 2.35. The normalized spacial score (nSPS) is 16.6. The summed E-state index contributed by atoms with van der Waals surface area (Å²) in [5.74, 6) is -1.03. The minimum Gasteiger partial charge on any atom is -0.376 e. The fourth-order valence-electron chi connectivity index (χ4n) is 7.18. The van der Waals surface area contributed by atoms with E-state index >= 15 is 0 Å². The van der Waals surface area contributed by atoms with Gasteiger partial charge in [-0.15, -0.1) is 0 Å². The Morgan fingerprint density at radius 2 is 0.840 bits per heavy atom. The Morgan fingerprint density at radius 1 is 0.480 bits per heavy atom. The highest BCUT2D eigenvalue weighted by atomic mass is 16.6. The number of benzene rings is 4. The van der Waals surface area contributed by atoms with Gasteiger partial charge in [-0.3, -0.25) is 19.4 Å². The van der Waals surface area contributed by atoms with Gasteiger partial charge in [0, 0.05) is 25.9 Å². The minimum absolute atomic E-state index is 0.172. The van der Waals surface area contributed by atoms with Gasteiger partial charge in [-0.2, -0.15) is 0 Å². The zero-order valence-electron chi connectivity index (χ0n) is 28.4. The number of ether oxygens (including phenoxy) is 2. The highest BCUT2D eigenvalue weighted by Crippen LogP contribution is 2.37. The molecular weight excluding hydrogens is 628 g/mol. The predicted molar refractivity (Wildman–Crippen MR) is 190 cm³/mol. The van der Waals surface area contributed by atoms with E-state index in [0.717, 1.165) is 47.9 Å². The van der Waals surface area contributed by atoms with Crippen LogP contribution in [0, 0.1) is 0 Å². The first-order valence-electron chi connectivity index (χ1n) is 17.8. The average Bonchev–Trinajstić information content (AvgIpc) is 3.15. The summed E-state index contributed by atoms with van der Waals surface area (Å²) >= 11 is 0. The third-order valence-corrected chi connectivity index (χ3v) is 9.68. The molecule has 0 fully saturated rings. The number of esters is 2. The summed E-state index contributed by atoms with van der Waals surface area (Å²) in [4.78, 5) is 54.9. The Bertz CT molecular complexity index is 1640. The van der Waals surface area contributed by atoms with Crippen LogP contribution in [-0.2, 0) is 31.9 Å². The van der Waals surface area contributed by atoms with Crippen LogP contribution in [0.3, 0.4) is 0 Å². The molecule has 2 amide bonds. The van der Waals surface area contributed by atoms with Gasteiger partial charge >= 0.3 is 24.1 Å². The van der Waals surface area contributed by atoms with E-state index < -0.39 is 24.1 Å². The maximum absolute atomic E-state index is 13.2. The van der Waals surface area contributed by atoms with Crippen molar-refractivity contribution in [2.24, 2.45) is 0 Å². The van der Waals surface area contributed by atoms with Crippen molar-refractivity contribution in [3.63, 3.8) is 0 Å². The Balaban J connectivity index is 0.884. The van der Waals surface area contributed by atoms with Crippen LogP contribution < -0.4 is 0 Å². The molecule has 0 saturated heterocycles. The molecule has 258 valence electrons. The van der Waals surface area contributed by atoms with Gasteiger partial charge in [0.2, 0.25) is 0 Å². The Hall–Kier alpha value is -5.24.